The second-order valence-electron chi connectivity index (χ2n) is 17.8. The Morgan fingerprint density at radius 1 is 0.208 bits per heavy atom. The van der Waals surface area contributed by atoms with Crippen LogP contribution in [0.2, 0.25) is 0 Å². The maximum Gasteiger partial charge on any atom is 0.0535 e. The molecule has 0 spiro atoms. The highest BCUT2D eigenvalue weighted by Crippen LogP contribution is 2.35. The lowest BCUT2D eigenvalue weighted by atomic mass is 9.87. The van der Waals surface area contributed by atoms with Gasteiger partial charge in [-0.1, -0.05) is 0 Å². The van der Waals surface area contributed by atoms with Crippen molar-refractivity contribution in [2.75, 3.05) is 122 Å². The molecular weight excluding hydrogens is 600 g/mol. The Hall–Kier alpha value is -0.480. The molecule has 276 valence electrons. The van der Waals surface area contributed by atoms with E-state index in [0.29, 0.717) is 0 Å². The first-order chi connectivity index (χ1) is 23.2. The highest BCUT2D eigenvalue weighted by Gasteiger charge is 2.41. The minimum absolute atomic E-state index is 0.735. The molecule has 0 N–H and O–H groups in total. The van der Waals surface area contributed by atoms with E-state index in [1.165, 1.54) is 97.1 Å². The average Bonchev–Trinajstić information content (AvgIpc) is 3.07. The fourth-order valence-corrected chi connectivity index (χ4v) is 11.1. The number of nitrogens with zero attached hydrogens (tertiary/aromatic N) is 12. The summed E-state index contributed by atoms with van der Waals surface area (Å²) >= 11 is 0. The normalized spacial score (nSPS) is 39.4. The average molecular weight is 673 g/mol. The van der Waals surface area contributed by atoms with Gasteiger partial charge in [0.15, 0.2) is 0 Å². The maximum absolute atomic E-state index is 2.95. The SMILES string of the molecule is CN1CN(C)CN(C2CCC(N3CN(C4CCC(N5CN(C)CN(C)C5)CC4)CN(C4CCC(N5CN(C)CN(C)C5)CC4)C3)CC2)C1. The van der Waals surface area contributed by atoms with Gasteiger partial charge in [-0.25, -0.2) is 0 Å². The molecule has 0 atom stereocenters. The Bertz CT molecular complexity index is 836. The van der Waals surface area contributed by atoms with Crippen LogP contribution in [0.3, 0.4) is 0 Å². The van der Waals surface area contributed by atoms with Crippen molar-refractivity contribution in [1.29, 1.82) is 0 Å². The van der Waals surface area contributed by atoms with Gasteiger partial charge in [-0.2, -0.15) is 0 Å². The highest BCUT2D eigenvalue weighted by molar-refractivity contribution is 4.93. The topological polar surface area (TPSA) is 38.9 Å². The predicted molar refractivity (Wildman–Crippen MR) is 194 cm³/mol. The van der Waals surface area contributed by atoms with Gasteiger partial charge in [-0.15, -0.1) is 0 Å². The molecule has 0 aromatic carbocycles. The van der Waals surface area contributed by atoms with Gasteiger partial charge < -0.3 is 0 Å². The van der Waals surface area contributed by atoms with Crippen molar-refractivity contribution in [1.82, 2.24) is 58.8 Å². The minimum Gasteiger partial charge on any atom is -0.280 e. The number of hydrogen-bond acceptors (Lipinski definition) is 12. The Labute approximate surface area is 294 Å². The third kappa shape index (κ3) is 8.75. The highest BCUT2D eigenvalue weighted by atomic mass is 15.5. The van der Waals surface area contributed by atoms with Crippen LogP contribution < -0.4 is 0 Å². The molecule has 48 heavy (non-hydrogen) atoms. The van der Waals surface area contributed by atoms with E-state index in [4.69, 9.17) is 0 Å². The summed E-state index contributed by atoms with van der Waals surface area (Å²) in [5.41, 5.74) is 0. The first-order valence-electron chi connectivity index (χ1n) is 19.7. The van der Waals surface area contributed by atoms with Crippen molar-refractivity contribution in [3.8, 4) is 0 Å². The zero-order valence-corrected chi connectivity index (χ0v) is 31.8. The van der Waals surface area contributed by atoms with Crippen LogP contribution in [0.25, 0.3) is 0 Å². The molecule has 4 saturated heterocycles. The molecule has 0 bridgehead atoms. The Balaban J connectivity index is 0.976. The van der Waals surface area contributed by atoms with E-state index in [1.54, 1.807) is 0 Å². The summed E-state index contributed by atoms with van der Waals surface area (Å²) in [5.74, 6) is 0. The van der Waals surface area contributed by atoms with E-state index in [1.807, 2.05) is 0 Å². The summed E-state index contributed by atoms with van der Waals surface area (Å²) in [5, 5.41) is 0. The fourth-order valence-electron chi connectivity index (χ4n) is 11.1. The van der Waals surface area contributed by atoms with Gasteiger partial charge in [0.2, 0.25) is 0 Å². The van der Waals surface area contributed by atoms with Crippen LogP contribution in [0.1, 0.15) is 77.0 Å². The first-order valence-corrected chi connectivity index (χ1v) is 19.7. The number of hydrogen-bond donors (Lipinski definition) is 0. The molecule has 12 nitrogen and oxygen atoms in total. The van der Waals surface area contributed by atoms with Gasteiger partial charge in [-0.05, 0) is 119 Å². The lowest BCUT2D eigenvalue weighted by Gasteiger charge is -2.54. The lowest BCUT2D eigenvalue weighted by Crippen LogP contribution is -2.64. The molecule has 3 saturated carbocycles. The van der Waals surface area contributed by atoms with Crippen LogP contribution in [0, 0.1) is 0 Å². The Morgan fingerprint density at radius 2 is 0.354 bits per heavy atom. The lowest BCUT2D eigenvalue weighted by molar-refractivity contribution is -0.113. The molecule has 0 aromatic heterocycles. The third-order valence-electron chi connectivity index (χ3n) is 13.2. The summed E-state index contributed by atoms with van der Waals surface area (Å²) in [4.78, 5) is 32.0. The Morgan fingerprint density at radius 3 is 0.521 bits per heavy atom. The first kappa shape index (κ1) is 35.9. The second kappa shape index (κ2) is 16.0. The minimum atomic E-state index is 0.735. The van der Waals surface area contributed by atoms with Crippen molar-refractivity contribution >= 4 is 0 Å². The largest absolute Gasteiger partial charge is 0.280 e. The van der Waals surface area contributed by atoms with Crippen LogP contribution in [0.15, 0.2) is 0 Å². The monoisotopic (exact) mass is 673 g/mol. The van der Waals surface area contributed by atoms with Crippen molar-refractivity contribution < 1.29 is 0 Å². The zero-order valence-electron chi connectivity index (χ0n) is 31.8. The summed E-state index contributed by atoms with van der Waals surface area (Å²) in [6.07, 6.45) is 16.3. The fraction of sp³-hybridized carbons (Fsp3) is 1.00. The summed E-state index contributed by atoms with van der Waals surface area (Å²) in [7, 11) is 13.7. The van der Waals surface area contributed by atoms with Crippen molar-refractivity contribution in [3.63, 3.8) is 0 Å². The van der Waals surface area contributed by atoms with Crippen LogP contribution in [-0.2, 0) is 0 Å². The predicted octanol–water partition coefficient (Wildman–Crippen LogP) is 1.87. The van der Waals surface area contributed by atoms with E-state index >= 15 is 0 Å². The standard InChI is InChI=1S/C36H72N12/c1-37-19-38(2)23-43(22-37)31-7-13-34(14-8-31)46-28-47(35-15-9-32(10-16-35)44-24-39(3)20-40(4)25-44)30-48(29-46)36-17-11-33(12-18-36)45-26-41(5)21-42(6)27-45/h31-36H,7-30H2,1-6H3. The molecule has 4 aliphatic heterocycles. The Kier molecular flexibility index (Phi) is 12.0. The zero-order chi connectivity index (χ0) is 33.4. The van der Waals surface area contributed by atoms with Crippen molar-refractivity contribution in [3.05, 3.63) is 0 Å². The molecule has 7 aliphatic rings. The van der Waals surface area contributed by atoms with Crippen LogP contribution in [0.5, 0.6) is 0 Å². The molecule has 4 heterocycles. The van der Waals surface area contributed by atoms with Crippen LogP contribution >= 0.6 is 0 Å². The number of rotatable bonds is 6. The van der Waals surface area contributed by atoms with Crippen molar-refractivity contribution in [2.45, 2.75) is 113 Å². The molecule has 0 unspecified atom stereocenters. The molecular formula is C36H72N12. The van der Waals surface area contributed by atoms with E-state index in [-0.39, 0.29) is 0 Å². The molecule has 12 heteroatoms. The van der Waals surface area contributed by atoms with E-state index in [2.05, 4.69) is 101 Å². The quantitative estimate of drug-likeness (QED) is 0.414. The van der Waals surface area contributed by atoms with E-state index in [9.17, 15) is 0 Å². The summed E-state index contributed by atoms with van der Waals surface area (Å²) in [6.45, 7) is 13.6. The van der Waals surface area contributed by atoms with Gasteiger partial charge in [0.25, 0.3) is 0 Å². The van der Waals surface area contributed by atoms with E-state index in [0.717, 1.165) is 96.3 Å². The summed E-state index contributed by atoms with van der Waals surface area (Å²) in [6, 6.07) is 4.44. The molecule has 0 amide bonds. The molecule has 7 rings (SSSR count). The smallest absolute Gasteiger partial charge is 0.0535 e. The van der Waals surface area contributed by atoms with Gasteiger partial charge in [0, 0.05) is 36.3 Å². The summed E-state index contributed by atoms with van der Waals surface area (Å²) < 4.78 is 0. The molecule has 0 aromatic rings. The maximum atomic E-state index is 2.95. The van der Waals surface area contributed by atoms with Gasteiger partial charge in [0.05, 0.1) is 80.0 Å². The molecule has 3 aliphatic carbocycles. The third-order valence-corrected chi connectivity index (χ3v) is 13.2. The van der Waals surface area contributed by atoms with E-state index < -0.39 is 0 Å². The second-order valence-corrected chi connectivity index (χ2v) is 17.8. The van der Waals surface area contributed by atoms with Crippen LogP contribution in [0.4, 0.5) is 0 Å². The molecule has 0 radical (unpaired) electrons. The molecule has 7 fully saturated rings. The van der Waals surface area contributed by atoms with Gasteiger partial charge in [0.1, 0.15) is 0 Å². The van der Waals surface area contributed by atoms with Crippen molar-refractivity contribution in [2.24, 2.45) is 0 Å². The van der Waals surface area contributed by atoms with Crippen LogP contribution in [-0.4, -0.2) is 217 Å². The van der Waals surface area contributed by atoms with Gasteiger partial charge >= 0.3 is 0 Å². The van der Waals surface area contributed by atoms with Gasteiger partial charge in [-0.3, -0.25) is 58.8 Å².